The summed E-state index contributed by atoms with van der Waals surface area (Å²) in [4.78, 5) is 13.5. The third kappa shape index (κ3) is 13.5. The fourth-order valence-corrected chi connectivity index (χ4v) is 7.89. The van der Waals surface area contributed by atoms with Gasteiger partial charge in [-0.15, -0.1) is 0 Å². The van der Waals surface area contributed by atoms with Gasteiger partial charge >= 0.3 is 0 Å². The van der Waals surface area contributed by atoms with Crippen molar-refractivity contribution in [2.45, 2.75) is 180 Å². The minimum atomic E-state index is -0.842. The minimum absolute atomic E-state index is 0.235. The number of hydrogen-bond donors (Lipinski definition) is 2. The van der Waals surface area contributed by atoms with Crippen molar-refractivity contribution >= 4 is 23.6 Å². The second-order valence-corrected chi connectivity index (χ2v) is 16.0. The van der Waals surface area contributed by atoms with Crippen molar-refractivity contribution in [3.63, 3.8) is 0 Å². The van der Waals surface area contributed by atoms with Crippen LogP contribution in [-0.4, -0.2) is 47.4 Å². The first-order valence-electron chi connectivity index (χ1n) is 22.5. The summed E-state index contributed by atoms with van der Waals surface area (Å²) in [5, 5.41) is 5.85. The van der Waals surface area contributed by atoms with Gasteiger partial charge < -0.3 is 19.8 Å². The predicted octanol–water partition coefficient (Wildman–Crippen LogP) is 11.0. The normalized spacial score (nSPS) is 21.6. The number of ether oxygens (including phenoxy) is 2. The zero-order valence-electron chi connectivity index (χ0n) is 35.3. The predicted molar refractivity (Wildman–Crippen MR) is 230 cm³/mol. The molecular weight excluding hydrogens is 665 g/mol. The van der Waals surface area contributed by atoms with E-state index in [0.29, 0.717) is 13.2 Å². The van der Waals surface area contributed by atoms with Gasteiger partial charge in [-0.1, -0.05) is 129 Å². The molecule has 5 rings (SSSR count). The quantitative estimate of drug-likeness (QED) is 0.0930. The molecule has 0 saturated heterocycles. The van der Waals surface area contributed by atoms with Crippen LogP contribution >= 0.6 is 0 Å². The van der Waals surface area contributed by atoms with Crippen LogP contribution in [0, 0.1) is 0 Å². The maximum Gasteiger partial charge on any atom is 0.0878 e. The summed E-state index contributed by atoms with van der Waals surface area (Å²) < 4.78 is 23.3. The van der Waals surface area contributed by atoms with Gasteiger partial charge in [0, 0.05) is 37.4 Å². The molecular formula is C48H72N4O2. The highest BCUT2D eigenvalue weighted by molar-refractivity contribution is 6.20. The number of allylic oxidation sites excluding steroid dienone is 5. The molecule has 1 aromatic heterocycles. The van der Waals surface area contributed by atoms with E-state index < -0.39 is 11.9 Å². The molecule has 0 aromatic carbocycles. The van der Waals surface area contributed by atoms with Gasteiger partial charge in [-0.25, -0.2) is 9.98 Å². The van der Waals surface area contributed by atoms with Crippen LogP contribution in [0.4, 0.5) is 0 Å². The Bertz CT molecular complexity index is 1690. The number of aliphatic imine (C=N–C) groups is 2. The first-order chi connectivity index (χ1) is 26.9. The smallest absolute Gasteiger partial charge is 0.0878 e. The summed E-state index contributed by atoms with van der Waals surface area (Å²) in [6.07, 6.45) is 41.3. The Morgan fingerprint density at radius 1 is 0.630 bits per heavy atom. The molecule has 2 N–H and O–H groups in total. The Morgan fingerprint density at radius 3 is 1.67 bits per heavy atom. The standard InChI is InChI=1S/C48H72N4O2/c1-5-7-9-11-13-15-17-19-21-23-31-53-38(3)46-37-48(39(4)54-32-24-22-20-18-16-14-12-10-8-6-2)36-45-30-29-43(51-45)34-41-26-25-40(49-41)33-42-27-28-44(50-42)35-47(46)52-48/h25-30,33-36,38-39,49,52H,5-24,31-32,37H2,1-4H3/i37D. The number of H-pyrrole nitrogens is 1. The maximum atomic E-state index is 9.99. The van der Waals surface area contributed by atoms with Gasteiger partial charge in [-0.2, -0.15) is 0 Å². The van der Waals surface area contributed by atoms with E-state index in [1.807, 2.05) is 0 Å². The SMILES string of the molecule is [2H]C1C(C(C)OCCCCCCCCCCCC)=C2C=C3C=CC(=N3)C=c3ccc([nH]3)=CC3=NC(=CC1(C(C)OCCCCCCCCCCCC)N2)C=C3. The molecule has 4 aliphatic rings. The van der Waals surface area contributed by atoms with E-state index in [1.165, 1.54) is 116 Å². The van der Waals surface area contributed by atoms with Gasteiger partial charge in [-0.3, -0.25) is 0 Å². The highest BCUT2D eigenvalue weighted by Gasteiger charge is 2.43. The molecule has 4 unspecified atom stereocenters. The Balaban J connectivity index is 1.29. The molecule has 0 saturated carbocycles. The molecule has 6 nitrogen and oxygen atoms in total. The van der Waals surface area contributed by atoms with E-state index in [1.54, 1.807) is 0 Å². The average molecular weight is 738 g/mol. The van der Waals surface area contributed by atoms with Crippen LogP contribution in [0.1, 0.15) is 164 Å². The molecule has 4 aliphatic heterocycles. The topological polar surface area (TPSA) is 71.0 Å². The van der Waals surface area contributed by atoms with Gasteiger partial charge in [0.25, 0.3) is 0 Å². The zero-order chi connectivity index (χ0) is 38.7. The van der Waals surface area contributed by atoms with Crippen molar-refractivity contribution in [3.8, 4) is 0 Å². The zero-order valence-corrected chi connectivity index (χ0v) is 34.3. The molecule has 54 heavy (non-hydrogen) atoms. The molecule has 0 amide bonds. The van der Waals surface area contributed by atoms with E-state index in [9.17, 15) is 1.37 Å². The molecule has 1 aromatic rings. The average Bonchev–Trinajstić information content (AvgIpc) is 3.98. The molecule has 6 heteroatoms. The van der Waals surface area contributed by atoms with Crippen molar-refractivity contribution in [2.24, 2.45) is 9.98 Å². The van der Waals surface area contributed by atoms with Gasteiger partial charge in [0.1, 0.15) is 0 Å². The Labute approximate surface area is 329 Å². The number of fused-ring (bicyclic) bond motifs is 6. The fourth-order valence-electron chi connectivity index (χ4n) is 7.89. The lowest BCUT2D eigenvalue weighted by Gasteiger charge is -2.35. The third-order valence-corrected chi connectivity index (χ3v) is 11.3. The highest BCUT2D eigenvalue weighted by atomic mass is 16.5. The van der Waals surface area contributed by atoms with E-state index in [4.69, 9.17) is 19.5 Å². The van der Waals surface area contributed by atoms with Crippen molar-refractivity contribution < 1.29 is 10.8 Å². The molecule has 5 heterocycles. The Kier molecular flexibility index (Phi) is 17.2. The number of aromatic nitrogens is 1. The monoisotopic (exact) mass is 738 g/mol. The van der Waals surface area contributed by atoms with Crippen LogP contribution in [0.5, 0.6) is 0 Å². The summed E-state index contributed by atoms with van der Waals surface area (Å²) in [5.74, 6) is 0. The molecule has 0 radical (unpaired) electrons. The largest absolute Gasteiger partial charge is 0.376 e. The van der Waals surface area contributed by atoms with Crippen molar-refractivity contribution in [1.82, 2.24) is 10.3 Å². The molecule has 296 valence electrons. The van der Waals surface area contributed by atoms with Crippen molar-refractivity contribution in [3.05, 3.63) is 82.0 Å². The minimum Gasteiger partial charge on any atom is -0.376 e. The second-order valence-electron chi connectivity index (χ2n) is 16.0. The summed E-state index contributed by atoms with van der Waals surface area (Å²) in [6, 6.07) is 4.14. The molecule has 4 atom stereocenters. The number of unbranched alkanes of at least 4 members (excludes halogenated alkanes) is 18. The molecule has 0 spiro atoms. The number of hydrogen-bond acceptors (Lipinski definition) is 5. The van der Waals surface area contributed by atoms with Gasteiger partial charge in [-0.05, 0) is 93.0 Å². The number of aromatic amines is 1. The van der Waals surface area contributed by atoms with E-state index in [0.717, 1.165) is 57.6 Å². The number of nitrogens with zero attached hydrogens (tertiary/aromatic N) is 2. The number of nitrogens with one attached hydrogen (secondary N) is 2. The first kappa shape index (κ1) is 40.4. The van der Waals surface area contributed by atoms with Crippen molar-refractivity contribution in [1.29, 1.82) is 0 Å². The lowest BCUT2D eigenvalue weighted by molar-refractivity contribution is 0.0163. The lowest BCUT2D eigenvalue weighted by Crippen LogP contribution is -2.49. The van der Waals surface area contributed by atoms with Crippen LogP contribution in [0.2, 0.25) is 0 Å². The first-order valence-corrected chi connectivity index (χ1v) is 22.0. The van der Waals surface area contributed by atoms with Crippen molar-refractivity contribution in [2.75, 3.05) is 13.2 Å². The fraction of sp³-hybridized carbons (Fsp3) is 0.625. The molecule has 0 fully saturated rings. The summed E-state index contributed by atoms with van der Waals surface area (Å²) in [6.45, 7) is 10.2. The van der Waals surface area contributed by atoms with Gasteiger partial charge in [0.2, 0.25) is 0 Å². The lowest BCUT2D eigenvalue weighted by atomic mass is 9.86. The van der Waals surface area contributed by atoms with Crippen LogP contribution in [0.25, 0.3) is 12.2 Å². The summed E-state index contributed by atoms with van der Waals surface area (Å²) in [5.41, 5.74) is 4.46. The Morgan fingerprint density at radius 2 is 1.11 bits per heavy atom. The third-order valence-electron chi connectivity index (χ3n) is 11.3. The van der Waals surface area contributed by atoms with Crippen LogP contribution in [0.3, 0.4) is 0 Å². The maximum absolute atomic E-state index is 9.99. The molecule has 0 aliphatic carbocycles. The summed E-state index contributed by atoms with van der Waals surface area (Å²) >= 11 is 0. The highest BCUT2D eigenvalue weighted by Crippen LogP contribution is 2.38. The second kappa shape index (κ2) is 23.0. The van der Waals surface area contributed by atoms with Gasteiger partial charge in [0.15, 0.2) is 0 Å². The van der Waals surface area contributed by atoms with E-state index in [2.05, 4.69) is 98.7 Å². The van der Waals surface area contributed by atoms with Gasteiger partial charge in [0.05, 0.1) is 40.6 Å². The number of rotatable bonds is 26. The van der Waals surface area contributed by atoms with E-state index in [-0.39, 0.29) is 12.2 Å². The summed E-state index contributed by atoms with van der Waals surface area (Å²) in [7, 11) is 0. The van der Waals surface area contributed by atoms with Crippen LogP contribution in [0.15, 0.2) is 81.2 Å². The van der Waals surface area contributed by atoms with Crippen LogP contribution < -0.4 is 16.0 Å². The molecule has 8 bridgehead atoms. The van der Waals surface area contributed by atoms with Crippen LogP contribution in [-0.2, 0) is 9.47 Å². The Hall–Kier alpha value is -3.22. The van der Waals surface area contributed by atoms with E-state index >= 15 is 0 Å².